The smallest absolute Gasteiger partial charge is 0.245 e. The largest absolute Gasteiger partial charge is 0.349 e. The number of benzene rings is 1. The molecule has 1 aromatic carbocycles. The molecule has 2 N–H and O–H groups in total. The zero-order chi connectivity index (χ0) is 20.6. The maximum Gasteiger partial charge on any atom is 0.245 e. The summed E-state index contributed by atoms with van der Waals surface area (Å²) >= 11 is 5.23. The molecule has 0 radical (unpaired) electrons. The van der Waals surface area contributed by atoms with Crippen molar-refractivity contribution in [3.8, 4) is 0 Å². The van der Waals surface area contributed by atoms with E-state index >= 15 is 0 Å². The van der Waals surface area contributed by atoms with Crippen LogP contribution in [-0.4, -0.2) is 46.5 Å². The Kier molecular flexibility index (Phi) is 5.54. The third kappa shape index (κ3) is 4.12. The highest BCUT2D eigenvalue weighted by Gasteiger charge is 2.33. The predicted octanol–water partition coefficient (Wildman–Crippen LogP) is 2.13. The van der Waals surface area contributed by atoms with Crippen molar-refractivity contribution in [2.45, 2.75) is 43.2 Å². The van der Waals surface area contributed by atoms with E-state index in [-0.39, 0.29) is 36.4 Å². The molecule has 1 aliphatic heterocycles. The van der Waals surface area contributed by atoms with Crippen LogP contribution in [0.1, 0.15) is 37.5 Å². The van der Waals surface area contributed by atoms with Crippen molar-refractivity contribution in [3.63, 3.8) is 0 Å². The number of aromatic amines is 1. The minimum Gasteiger partial charge on any atom is -0.349 e. The summed E-state index contributed by atoms with van der Waals surface area (Å²) in [6.07, 6.45) is 2.89. The van der Waals surface area contributed by atoms with Crippen LogP contribution in [0.3, 0.4) is 0 Å². The second-order valence-electron chi connectivity index (χ2n) is 7.37. The summed E-state index contributed by atoms with van der Waals surface area (Å²) in [5.74, 6) is -0.496. The number of amides is 1. The number of nitrogens with one attached hydrogen (secondary N) is 2. The van der Waals surface area contributed by atoms with Crippen LogP contribution in [0.2, 0.25) is 0 Å². The molecule has 2 aromatic rings. The molecule has 156 valence electrons. The minimum absolute atomic E-state index is 0.135. The molecule has 2 fully saturated rings. The minimum atomic E-state index is -3.90. The van der Waals surface area contributed by atoms with Crippen LogP contribution in [0.5, 0.6) is 0 Å². The number of rotatable bonds is 6. The lowest BCUT2D eigenvalue weighted by Crippen LogP contribution is -2.43. The Labute approximate surface area is 173 Å². The van der Waals surface area contributed by atoms with Gasteiger partial charge >= 0.3 is 0 Å². The molecule has 2 aliphatic rings. The number of H-pyrrole nitrogens is 1. The standard InChI is InChI=1S/C18H22FN5O3S2/c19-14-3-1-2-4-15(14)29(26,27)23-9-7-12(8-10-23)17(25)20-11-16-21-22-18(28)24(16)13-5-6-13/h1-4,12-13H,5-11H2,(H,20,25)(H,22,28). The van der Waals surface area contributed by atoms with Crippen LogP contribution in [0.15, 0.2) is 29.2 Å². The molecule has 0 atom stereocenters. The summed E-state index contributed by atoms with van der Waals surface area (Å²) in [5, 5.41) is 9.84. The van der Waals surface area contributed by atoms with E-state index in [9.17, 15) is 17.6 Å². The van der Waals surface area contributed by atoms with Crippen molar-refractivity contribution in [1.29, 1.82) is 0 Å². The van der Waals surface area contributed by atoms with Crippen LogP contribution in [0, 0.1) is 16.5 Å². The highest BCUT2D eigenvalue weighted by Crippen LogP contribution is 2.35. The first kappa shape index (κ1) is 20.2. The number of hydrogen-bond donors (Lipinski definition) is 2. The fourth-order valence-electron chi connectivity index (χ4n) is 3.63. The SMILES string of the molecule is O=C(NCc1n[nH]c(=S)n1C1CC1)C1CCN(S(=O)(=O)c2ccccc2F)CC1. The lowest BCUT2D eigenvalue weighted by molar-refractivity contribution is -0.126. The monoisotopic (exact) mass is 439 g/mol. The fourth-order valence-corrected chi connectivity index (χ4v) is 5.47. The second kappa shape index (κ2) is 7.96. The van der Waals surface area contributed by atoms with E-state index in [0.29, 0.717) is 29.5 Å². The zero-order valence-electron chi connectivity index (χ0n) is 15.7. The zero-order valence-corrected chi connectivity index (χ0v) is 17.3. The van der Waals surface area contributed by atoms with Gasteiger partial charge in [-0.2, -0.15) is 9.40 Å². The van der Waals surface area contributed by atoms with Crippen LogP contribution < -0.4 is 5.32 Å². The number of hydrogen-bond acceptors (Lipinski definition) is 5. The van der Waals surface area contributed by atoms with Gasteiger partial charge in [0, 0.05) is 25.0 Å². The molecular formula is C18H22FN5O3S2. The third-order valence-corrected chi connectivity index (χ3v) is 7.61. The van der Waals surface area contributed by atoms with Crippen molar-refractivity contribution in [2.24, 2.45) is 5.92 Å². The van der Waals surface area contributed by atoms with Gasteiger partial charge in [-0.05, 0) is 50.0 Å². The van der Waals surface area contributed by atoms with Gasteiger partial charge in [0.15, 0.2) is 10.6 Å². The summed E-state index contributed by atoms with van der Waals surface area (Å²) in [6, 6.07) is 5.69. The Morgan fingerprint density at radius 3 is 2.59 bits per heavy atom. The molecule has 2 heterocycles. The van der Waals surface area contributed by atoms with Gasteiger partial charge in [-0.25, -0.2) is 12.8 Å². The maximum absolute atomic E-state index is 13.9. The Morgan fingerprint density at radius 2 is 1.93 bits per heavy atom. The van der Waals surface area contributed by atoms with Gasteiger partial charge in [-0.1, -0.05) is 12.1 Å². The molecule has 0 bridgehead atoms. The topological polar surface area (TPSA) is 100 Å². The van der Waals surface area contributed by atoms with Crippen molar-refractivity contribution in [3.05, 3.63) is 40.7 Å². The molecule has 1 amide bonds. The Hall–Kier alpha value is -2.11. The van der Waals surface area contributed by atoms with Gasteiger partial charge in [0.2, 0.25) is 15.9 Å². The van der Waals surface area contributed by atoms with Gasteiger partial charge in [-0.3, -0.25) is 14.5 Å². The summed E-state index contributed by atoms with van der Waals surface area (Å²) in [7, 11) is -3.90. The van der Waals surface area contributed by atoms with E-state index in [1.165, 1.54) is 22.5 Å². The first-order chi connectivity index (χ1) is 13.9. The lowest BCUT2D eigenvalue weighted by Gasteiger charge is -2.30. The molecule has 11 heteroatoms. The molecule has 1 saturated heterocycles. The fraction of sp³-hybridized carbons (Fsp3) is 0.500. The normalized spacial score (nSPS) is 18.7. The molecule has 8 nitrogen and oxygen atoms in total. The van der Waals surface area contributed by atoms with Crippen LogP contribution >= 0.6 is 12.2 Å². The molecule has 1 aliphatic carbocycles. The first-order valence-electron chi connectivity index (χ1n) is 9.56. The lowest BCUT2D eigenvalue weighted by atomic mass is 9.97. The molecule has 1 saturated carbocycles. The number of carbonyl (C=O) groups is 1. The average Bonchev–Trinajstić information content (AvgIpc) is 3.48. The van der Waals surface area contributed by atoms with Crippen molar-refractivity contribution in [1.82, 2.24) is 24.4 Å². The number of sulfonamides is 1. The molecule has 1 aromatic heterocycles. The Balaban J connectivity index is 1.34. The first-order valence-corrected chi connectivity index (χ1v) is 11.4. The van der Waals surface area contributed by atoms with Crippen molar-refractivity contribution < 1.29 is 17.6 Å². The number of carbonyl (C=O) groups excluding carboxylic acids is 1. The molecule has 29 heavy (non-hydrogen) atoms. The van der Waals surface area contributed by atoms with Crippen molar-refractivity contribution >= 4 is 28.1 Å². The van der Waals surface area contributed by atoms with E-state index < -0.39 is 15.8 Å². The molecular weight excluding hydrogens is 417 g/mol. The molecule has 4 rings (SSSR count). The van der Waals surface area contributed by atoms with Gasteiger partial charge in [0.1, 0.15) is 10.7 Å². The van der Waals surface area contributed by atoms with Gasteiger partial charge in [0.05, 0.1) is 6.54 Å². The van der Waals surface area contributed by atoms with Crippen LogP contribution in [-0.2, 0) is 21.4 Å². The van der Waals surface area contributed by atoms with Gasteiger partial charge in [-0.15, -0.1) is 0 Å². The second-order valence-corrected chi connectivity index (χ2v) is 9.67. The summed E-state index contributed by atoms with van der Waals surface area (Å²) < 4.78 is 43.0. The van der Waals surface area contributed by atoms with E-state index in [4.69, 9.17) is 12.2 Å². The van der Waals surface area contributed by atoms with E-state index in [0.717, 1.165) is 18.9 Å². The Bertz CT molecular complexity index is 1070. The van der Waals surface area contributed by atoms with Gasteiger partial charge in [0.25, 0.3) is 0 Å². The van der Waals surface area contributed by atoms with E-state index in [1.807, 2.05) is 4.57 Å². The Morgan fingerprint density at radius 1 is 1.24 bits per heavy atom. The molecule has 0 spiro atoms. The summed E-state index contributed by atoms with van der Waals surface area (Å²) in [6.45, 7) is 0.626. The number of nitrogens with zero attached hydrogens (tertiary/aromatic N) is 3. The summed E-state index contributed by atoms with van der Waals surface area (Å²) in [5.41, 5.74) is 0. The van der Waals surface area contributed by atoms with Crippen molar-refractivity contribution in [2.75, 3.05) is 13.1 Å². The number of piperidine rings is 1. The summed E-state index contributed by atoms with van der Waals surface area (Å²) in [4.78, 5) is 12.2. The predicted molar refractivity (Wildman–Crippen MR) is 105 cm³/mol. The highest BCUT2D eigenvalue weighted by atomic mass is 32.2. The van der Waals surface area contributed by atoms with E-state index in [1.54, 1.807) is 0 Å². The maximum atomic E-state index is 13.9. The quantitative estimate of drug-likeness (QED) is 0.672. The average molecular weight is 440 g/mol. The van der Waals surface area contributed by atoms with Crippen LogP contribution in [0.4, 0.5) is 4.39 Å². The third-order valence-electron chi connectivity index (χ3n) is 5.39. The number of halogens is 1. The van der Waals surface area contributed by atoms with Gasteiger partial charge < -0.3 is 5.32 Å². The van der Waals surface area contributed by atoms with Crippen LogP contribution in [0.25, 0.3) is 0 Å². The highest BCUT2D eigenvalue weighted by molar-refractivity contribution is 7.89. The molecule has 0 unspecified atom stereocenters. The number of aromatic nitrogens is 3. The van der Waals surface area contributed by atoms with E-state index in [2.05, 4.69) is 15.5 Å².